The van der Waals surface area contributed by atoms with Gasteiger partial charge in [0.1, 0.15) is 11.5 Å². The second kappa shape index (κ2) is 10.2. The molecule has 11 heteroatoms. The average molecular weight is 553 g/mol. The van der Waals surface area contributed by atoms with Crippen LogP contribution in [0.3, 0.4) is 0 Å². The van der Waals surface area contributed by atoms with Crippen LogP contribution in [-0.4, -0.2) is 33.9 Å². The molecule has 35 heavy (non-hydrogen) atoms. The summed E-state index contributed by atoms with van der Waals surface area (Å²) in [4.78, 5) is 26.6. The van der Waals surface area contributed by atoms with Gasteiger partial charge in [0.05, 0.1) is 28.3 Å². The summed E-state index contributed by atoms with van der Waals surface area (Å²) < 4.78 is 33.0. The van der Waals surface area contributed by atoms with Gasteiger partial charge in [-0.1, -0.05) is 40.9 Å². The van der Waals surface area contributed by atoms with Crippen molar-refractivity contribution in [1.82, 2.24) is 0 Å². The maximum atomic E-state index is 13.6. The van der Waals surface area contributed by atoms with Crippen LogP contribution in [0.2, 0.25) is 10.0 Å². The number of carbonyl (C=O) groups is 2. The van der Waals surface area contributed by atoms with Crippen LogP contribution in [0.5, 0.6) is 0 Å². The molecule has 0 fully saturated rings. The molecular formula is C24H22Cl2N2O5S2. The number of aryl methyl sites for hydroxylation is 2. The van der Waals surface area contributed by atoms with Gasteiger partial charge in [-0.15, -0.1) is 11.3 Å². The first kappa shape index (κ1) is 25.5. The van der Waals surface area contributed by atoms with E-state index in [-0.39, 0.29) is 20.6 Å². The van der Waals surface area contributed by atoms with Gasteiger partial charge in [0, 0.05) is 9.90 Å². The molecule has 0 saturated carbocycles. The van der Waals surface area contributed by atoms with E-state index in [1.165, 1.54) is 48.8 Å². The van der Waals surface area contributed by atoms with Gasteiger partial charge in [0.2, 0.25) is 5.91 Å². The lowest BCUT2D eigenvalue weighted by molar-refractivity contribution is -0.114. The molecule has 184 valence electrons. The smallest absolute Gasteiger partial charge is 0.341 e. The van der Waals surface area contributed by atoms with Crippen LogP contribution in [0.15, 0.2) is 47.4 Å². The van der Waals surface area contributed by atoms with Crippen LogP contribution in [0.25, 0.3) is 0 Å². The number of halogens is 2. The minimum Gasteiger partial charge on any atom is -0.465 e. The second-order valence-electron chi connectivity index (χ2n) is 8.02. The highest BCUT2D eigenvalue weighted by molar-refractivity contribution is 7.92. The van der Waals surface area contributed by atoms with Crippen LogP contribution < -0.4 is 9.62 Å². The number of nitrogens with zero attached hydrogens (tertiary/aromatic N) is 1. The third-order valence-electron chi connectivity index (χ3n) is 5.64. The van der Waals surface area contributed by atoms with Crippen molar-refractivity contribution in [3.8, 4) is 0 Å². The number of hydrogen-bond donors (Lipinski definition) is 1. The van der Waals surface area contributed by atoms with Crippen molar-refractivity contribution in [2.45, 2.75) is 31.1 Å². The Hall–Kier alpha value is -2.59. The third-order valence-corrected chi connectivity index (χ3v) is 9.17. The Balaban J connectivity index is 1.71. The molecule has 0 saturated heterocycles. The van der Waals surface area contributed by atoms with Crippen molar-refractivity contribution in [3.05, 3.63) is 74.1 Å². The van der Waals surface area contributed by atoms with Crippen molar-refractivity contribution in [3.63, 3.8) is 0 Å². The summed E-state index contributed by atoms with van der Waals surface area (Å²) in [5.41, 5.74) is 2.15. The Labute approximate surface area is 217 Å². The molecule has 0 aliphatic heterocycles. The molecule has 1 amide bonds. The van der Waals surface area contributed by atoms with E-state index < -0.39 is 28.4 Å². The van der Waals surface area contributed by atoms with Crippen LogP contribution in [0, 0.1) is 6.92 Å². The van der Waals surface area contributed by atoms with Gasteiger partial charge in [-0.25, -0.2) is 13.2 Å². The molecule has 0 radical (unpaired) electrons. The van der Waals surface area contributed by atoms with E-state index in [1.807, 2.05) is 6.92 Å². The monoisotopic (exact) mass is 552 g/mol. The largest absolute Gasteiger partial charge is 0.465 e. The molecule has 0 unspecified atom stereocenters. The minimum absolute atomic E-state index is 0.00251. The first-order chi connectivity index (χ1) is 16.6. The molecule has 4 rings (SSSR count). The van der Waals surface area contributed by atoms with E-state index in [0.717, 1.165) is 39.6 Å². The number of methoxy groups -OCH3 is 1. The highest BCUT2D eigenvalue weighted by Crippen LogP contribution is 2.40. The topological polar surface area (TPSA) is 92.8 Å². The maximum Gasteiger partial charge on any atom is 0.341 e. The van der Waals surface area contributed by atoms with Crippen molar-refractivity contribution >= 4 is 67.1 Å². The number of hydrogen-bond acceptors (Lipinski definition) is 6. The van der Waals surface area contributed by atoms with Gasteiger partial charge < -0.3 is 10.1 Å². The number of fused-ring (bicyclic) bond motifs is 1. The van der Waals surface area contributed by atoms with Crippen LogP contribution in [-0.2, 0) is 32.4 Å². The molecule has 1 aliphatic rings. The second-order valence-corrected chi connectivity index (χ2v) is 11.8. The van der Waals surface area contributed by atoms with E-state index in [9.17, 15) is 18.0 Å². The summed E-state index contributed by atoms with van der Waals surface area (Å²) in [7, 11) is -2.90. The normalized spacial score (nSPS) is 12.8. The summed E-state index contributed by atoms with van der Waals surface area (Å²) in [6, 6.07) is 10.7. The van der Waals surface area contributed by atoms with Gasteiger partial charge in [0.15, 0.2) is 0 Å². The molecule has 1 aromatic heterocycles. The first-order valence-electron chi connectivity index (χ1n) is 10.7. The van der Waals surface area contributed by atoms with Crippen molar-refractivity contribution < 1.29 is 22.7 Å². The number of benzene rings is 2. The van der Waals surface area contributed by atoms with Crippen LogP contribution >= 0.6 is 34.5 Å². The van der Waals surface area contributed by atoms with Crippen molar-refractivity contribution in [1.29, 1.82) is 0 Å². The lowest BCUT2D eigenvalue weighted by Crippen LogP contribution is -2.38. The van der Waals surface area contributed by atoms with E-state index >= 15 is 0 Å². The van der Waals surface area contributed by atoms with Gasteiger partial charge in [-0.3, -0.25) is 9.10 Å². The summed E-state index contributed by atoms with van der Waals surface area (Å²) in [5.74, 6) is -1.18. The molecule has 1 heterocycles. The molecule has 7 nitrogen and oxygen atoms in total. The zero-order chi connectivity index (χ0) is 25.3. The average Bonchev–Trinajstić information content (AvgIpc) is 3.40. The lowest BCUT2D eigenvalue weighted by atomic mass is 10.1. The van der Waals surface area contributed by atoms with Crippen LogP contribution in [0.4, 0.5) is 10.7 Å². The number of nitrogens with one attached hydrogen (secondary N) is 1. The summed E-state index contributed by atoms with van der Waals surface area (Å²) >= 11 is 13.8. The molecule has 0 spiro atoms. The third kappa shape index (κ3) is 5.18. The number of rotatable bonds is 7. The number of amides is 1. The zero-order valence-electron chi connectivity index (χ0n) is 18.9. The zero-order valence-corrected chi connectivity index (χ0v) is 22.1. The Morgan fingerprint density at radius 1 is 1.11 bits per heavy atom. The molecular weight excluding hydrogens is 531 g/mol. The first-order valence-corrected chi connectivity index (χ1v) is 13.7. The molecule has 3 aromatic rings. The fraction of sp³-hybridized carbons (Fsp3) is 0.250. The van der Waals surface area contributed by atoms with Crippen LogP contribution in [0.1, 0.15) is 32.8 Å². The highest BCUT2D eigenvalue weighted by atomic mass is 35.5. The number of ether oxygens (including phenoxy) is 1. The standard InChI is InChI=1S/C24H22Cl2N2O5S2/c1-14-6-9-16(10-7-14)35(31,32)28(19-12-15(25)8-11-18(19)26)13-21(29)27-23-22(24(30)33-2)17-4-3-5-20(17)34-23/h6-12H,3-5,13H2,1-2H3,(H,27,29). The number of carbonyl (C=O) groups excluding carboxylic acids is 2. The van der Waals surface area contributed by atoms with Gasteiger partial charge >= 0.3 is 5.97 Å². The number of esters is 1. The van der Waals surface area contributed by atoms with Crippen molar-refractivity contribution in [2.75, 3.05) is 23.3 Å². The maximum absolute atomic E-state index is 13.6. The molecule has 2 aromatic carbocycles. The number of sulfonamides is 1. The Morgan fingerprint density at radius 3 is 2.51 bits per heavy atom. The number of thiophene rings is 1. The van der Waals surface area contributed by atoms with E-state index in [2.05, 4.69) is 5.32 Å². The SMILES string of the molecule is COC(=O)c1c(NC(=O)CN(c2cc(Cl)ccc2Cl)S(=O)(=O)c2ccc(C)cc2)sc2c1CCC2. The predicted octanol–water partition coefficient (Wildman–Crippen LogP) is 5.47. The summed E-state index contributed by atoms with van der Waals surface area (Å²) in [6.45, 7) is 1.26. The van der Waals surface area contributed by atoms with Gasteiger partial charge in [-0.2, -0.15) is 0 Å². The Kier molecular flexibility index (Phi) is 7.42. The molecule has 1 N–H and O–H groups in total. The molecule has 0 bridgehead atoms. The number of anilines is 2. The fourth-order valence-electron chi connectivity index (χ4n) is 3.92. The van der Waals surface area contributed by atoms with Gasteiger partial charge in [0.25, 0.3) is 10.0 Å². The fourth-order valence-corrected chi connectivity index (χ4v) is 7.08. The Morgan fingerprint density at radius 2 is 1.83 bits per heavy atom. The van der Waals surface area contributed by atoms with Crippen molar-refractivity contribution in [2.24, 2.45) is 0 Å². The minimum atomic E-state index is -4.18. The summed E-state index contributed by atoms with van der Waals surface area (Å²) in [6.07, 6.45) is 2.46. The highest BCUT2D eigenvalue weighted by Gasteiger charge is 2.31. The predicted molar refractivity (Wildman–Crippen MR) is 138 cm³/mol. The molecule has 0 atom stereocenters. The van der Waals surface area contributed by atoms with Gasteiger partial charge in [-0.05, 0) is 62.1 Å². The van der Waals surface area contributed by atoms with E-state index in [4.69, 9.17) is 27.9 Å². The molecule has 1 aliphatic carbocycles. The lowest BCUT2D eigenvalue weighted by Gasteiger charge is -2.25. The van der Waals surface area contributed by atoms with E-state index in [0.29, 0.717) is 10.6 Å². The van der Waals surface area contributed by atoms with E-state index in [1.54, 1.807) is 12.1 Å². The summed E-state index contributed by atoms with van der Waals surface area (Å²) in [5, 5.41) is 3.44. The quantitative estimate of drug-likeness (QED) is 0.392. The Bertz CT molecular complexity index is 1400.